The number of rotatable bonds is 6. The van der Waals surface area contributed by atoms with E-state index in [-0.39, 0.29) is 11.6 Å². The number of nitrogens with zero attached hydrogens (tertiary/aromatic N) is 3. The maximum Gasteiger partial charge on any atom is 0.416 e. The van der Waals surface area contributed by atoms with Gasteiger partial charge in [0.05, 0.1) is 38.3 Å². The molecule has 0 aliphatic rings. The van der Waals surface area contributed by atoms with Crippen LogP contribution in [0.5, 0.6) is 0 Å². The van der Waals surface area contributed by atoms with Gasteiger partial charge in [0.25, 0.3) is 5.91 Å². The molecule has 2 heterocycles. The van der Waals surface area contributed by atoms with Gasteiger partial charge in [-0.1, -0.05) is 41.0 Å². The van der Waals surface area contributed by atoms with Gasteiger partial charge in [-0.2, -0.15) is 18.3 Å². The van der Waals surface area contributed by atoms with Crippen molar-refractivity contribution in [2.45, 2.75) is 12.7 Å². The average Bonchev–Trinajstić information content (AvgIpc) is 3.51. The molecule has 4 rings (SSSR count). The molecule has 0 aliphatic heterocycles. The number of thiophene rings is 1. The Morgan fingerprint density at radius 3 is 2.48 bits per heavy atom. The first kappa shape index (κ1) is 29.3. The van der Waals surface area contributed by atoms with Crippen LogP contribution >= 0.6 is 34.5 Å². The van der Waals surface area contributed by atoms with E-state index in [0.717, 1.165) is 17.0 Å². The third-order valence-corrected chi connectivity index (χ3v) is 7.28. The zero-order chi connectivity index (χ0) is 29.0. The fourth-order valence-electron chi connectivity index (χ4n) is 3.87. The molecule has 204 valence electrons. The molecule has 5 nitrogen and oxygen atoms in total. The minimum atomic E-state index is -4.41. The van der Waals surface area contributed by atoms with Crippen LogP contribution in [-0.2, 0) is 12.7 Å². The van der Waals surface area contributed by atoms with E-state index in [1.54, 1.807) is 28.9 Å². The number of amides is 1. The van der Waals surface area contributed by atoms with Crippen molar-refractivity contribution in [2.24, 2.45) is 0 Å². The monoisotopic (exact) mass is 600 g/mol. The number of aromatic nitrogens is 2. The van der Waals surface area contributed by atoms with E-state index in [4.69, 9.17) is 29.6 Å². The van der Waals surface area contributed by atoms with Crippen molar-refractivity contribution in [1.29, 1.82) is 0 Å². The largest absolute Gasteiger partial charge is 0.416 e. The molecule has 0 spiro atoms. The lowest BCUT2D eigenvalue weighted by Gasteiger charge is -2.15. The summed E-state index contributed by atoms with van der Waals surface area (Å²) in [6.45, 7) is 0.658. The predicted octanol–water partition coefficient (Wildman–Crippen LogP) is 6.75. The summed E-state index contributed by atoms with van der Waals surface area (Å²) in [7, 11) is 3.35. The van der Waals surface area contributed by atoms with Crippen LogP contribution in [0.2, 0.25) is 10.0 Å². The zero-order valence-electron chi connectivity index (χ0n) is 21.2. The lowest BCUT2D eigenvalue weighted by molar-refractivity contribution is -0.137. The van der Waals surface area contributed by atoms with Gasteiger partial charge >= 0.3 is 6.18 Å². The normalized spacial score (nSPS) is 11.2. The van der Waals surface area contributed by atoms with Gasteiger partial charge in [-0.25, -0.2) is 4.68 Å². The van der Waals surface area contributed by atoms with Gasteiger partial charge in [-0.05, 0) is 61.6 Å². The van der Waals surface area contributed by atoms with Crippen molar-refractivity contribution in [3.63, 3.8) is 0 Å². The van der Waals surface area contributed by atoms with Gasteiger partial charge in [0.15, 0.2) is 5.69 Å². The number of carbonyl (C=O) groups excluding carboxylic acids is 1. The minimum Gasteiger partial charge on any atom is -0.354 e. The molecule has 0 aliphatic carbocycles. The van der Waals surface area contributed by atoms with Gasteiger partial charge in [-0.15, -0.1) is 17.8 Å². The molecule has 0 atom stereocenters. The molecule has 0 bridgehead atoms. The zero-order valence-corrected chi connectivity index (χ0v) is 23.6. The van der Waals surface area contributed by atoms with Gasteiger partial charge < -0.3 is 5.32 Å². The van der Waals surface area contributed by atoms with E-state index in [0.29, 0.717) is 50.5 Å². The van der Waals surface area contributed by atoms with Gasteiger partial charge in [0.2, 0.25) is 0 Å². The number of carbonyl (C=O) groups is 1. The summed E-state index contributed by atoms with van der Waals surface area (Å²) in [4.78, 5) is 16.2. The Balaban J connectivity index is 1.83. The Morgan fingerprint density at radius 1 is 1.12 bits per heavy atom. The van der Waals surface area contributed by atoms with E-state index in [9.17, 15) is 18.0 Å². The molecule has 11 heteroatoms. The van der Waals surface area contributed by atoms with Crippen molar-refractivity contribution in [1.82, 2.24) is 20.0 Å². The fraction of sp³-hybridized carbons (Fsp3) is 0.172. The maximum absolute atomic E-state index is 12.9. The molecule has 1 N–H and O–H groups in total. The van der Waals surface area contributed by atoms with Gasteiger partial charge in [-0.3, -0.25) is 9.69 Å². The molecule has 40 heavy (non-hydrogen) atoms. The molecule has 0 saturated carbocycles. The summed E-state index contributed by atoms with van der Waals surface area (Å²) in [5.74, 6) is 8.12. The second-order valence-corrected chi connectivity index (χ2v) is 10.6. The Morgan fingerprint density at radius 2 is 1.85 bits per heavy atom. The molecule has 1 amide bonds. The highest BCUT2D eigenvalue weighted by molar-refractivity contribution is 7.16. The maximum atomic E-state index is 12.9. The topological polar surface area (TPSA) is 50.2 Å². The third-order valence-electron chi connectivity index (χ3n) is 5.73. The van der Waals surface area contributed by atoms with Crippen molar-refractivity contribution < 1.29 is 18.0 Å². The summed E-state index contributed by atoms with van der Waals surface area (Å²) < 4.78 is 40.2. The number of halogens is 5. The summed E-state index contributed by atoms with van der Waals surface area (Å²) in [6.07, 6.45) is 1.10. The van der Waals surface area contributed by atoms with Crippen molar-refractivity contribution >= 4 is 40.4 Å². The summed E-state index contributed by atoms with van der Waals surface area (Å²) in [5.41, 5.74) is 1.69. The smallest absolute Gasteiger partial charge is 0.354 e. The molecule has 4 aromatic rings. The third kappa shape index (κ3) is 6.52. The van der Waals surface area contributed by atoms with E-state index in [1.165, 1.54) is 30.5 Å². The first-order valence-corrected chi connectivity index (χ1v) is 13.3. The SMILES string of the molecule is C#CCN(C)Cc1c(C(=O)NC)nn(-c2ccc(Cl)cc2Cl)c1-c1ccc(C#Cc2ccc(C(F)(F)F)cc2)s1. The quantitative estimate of drug-likeness (QED) is 0.249. The van der Waals surface area contributed by atoms with Crippen LogP contribution in [0.15, 0.2) is 54.6 Å². The number of terminal acetylenes is 1. The summed E-state index contributed by atoms with van der Waals surface area (Å²) in [6, 6.07) is 13.3. The Bertz CT molecular complexity index is 1660. The van der Waals surface area contributed by atoms with Crippen molar-refractivity contribution in [3.05, 3.63) is 91.9 Å². The van der Waals surface area contributed by atoms with Crippen LogP contribution < -0.4 is 5.32 Å². The van der Waals surface area contributed by atoms with Gasteiger partial charge in [0.1, 0.15) is 0 Å². The van der Waals surface area contributed by atoms with Crippen LogP contribution in [0.25, 0.3) is 16.3 Å². The van der Waals surface area contributed by atoms with Crippen LogP contribution in [-0.4, -0.2) is 41.2 Å². The van der Waals surface area contributed by atoms with E-state index < -0.39 is 11.7 Å². The van der Waals surface area contributed by atoms with Crippen molar-refractivity contribution in [2.75, 3.05) is 20.6 Å². The minimum absolute atomic E-state index is 0.207. The standard InChI is InChI=1S/C29H21Cl2F3N4OS/c1-4-15-37(3)17-22-26(28(39)35-2)36-38(24-13-10-20(30)16-23(24)31)27(22)25-14-12-21(40-25)11-7-18-5-8-19(9-6-18)29(32,33)34/h1,5-6,8-10,12-14,16H,15,17H2,2-3H3,(H,35,39). The molecular formula is C29H21Cl2F3N4OS. The van der Waals surface area contributed by atoms with E-state index in [1.807, 2.05) is 18.0 Å². The average molecular weight is 601 g/mol. The second kappa shape index (κ2) is 12.2. The lowest BCUT2D eigenvalue weighted by atomic mass is 10.1. The highest BCUT2D eigenvalue weighted by Crippen LogP contribution is 2.37. The number of hydrogen-bond acceptors (Lipinski definition) is 4. The summed E-state index contributed by atoms with van der Waals surface area (Å²) >= 11 is 14.0. The molecule has 0 radical (unpaired) electrons. The molecule has 0 fully saturated rings. The number of nitrogens with one attached hydrogen (secondary N) is 1. The molecule has 0 saturated heterocycles. The van der Waals surface area contributed by atoms with Crippen molar-refractivity contribution in [3.8, 4) is 40.4 Å². The number of alkyl halides is 3. The molecule has 0 unspecified atom stereocenters. The Labute approximate surface area is 243 Å². The van der Waals surface area contributed by atoms with Crippen LogP contribution in [0.4, 0.5) is 13.2 Å². The Hall–Kier alpha value is -3.73. The molecule has 2 aromatic carbocycles. The highest BCUT2D eigenvalue weighted by Gasteiger charge is 2.30. The van der Waals surface area contributed by atoms with E-state index >= 15 is 0 Å². The fourth-order valence-corrected chi connectivity index (χ4v) is 5.28. The van der Waals surface area contributed by atoms with Crippen LogP contribution in [0.3, 0.4) is 0 Å². The van der Waals surface area contributed by atoms with E-state index in [2.05, 4.69) is 28.2 Å². The molecular weight excluding hydrogens is 580 g/mol. The summed E-state index contributed by atoms with van der Waals surface area (Å²) in [5, 5.41) is 8.05. The predicted molar refractivity (Wildman–Crippen MR) is 153 cm³/mol. The number of benzene rings is 2. The Kier molecular flexibility index (Phi) is 8.92. The van der Waals surface area contributed by atoms with Crippen LogP contribution in [0.1, 0.15) is 32.1 Å². The van der Waals surface area contributed by atoms with Gasteiger partial charge in [0, 0.05) is 29.7 Å². The van der Waals surface area contributed by atoms with Crippen LogP contribution in [0, 0.1) is 24.2 Å². The lowest BCUT2D eigenvalue weighted by Crippen LogP contribution is -2.23. The first-order valence-electron chi connectivity index (χ1n) is 11.7. The first-order chi connectivity index (χ1) is 19.0. The number of hydrogen-bond donors (Lipinski definition) is 1. The highest BCUT2D eigenvalue weighted by atomic mass is 35.5. The second-order valence-electron chi connectivity index (χ2n) is 8.63. The molecule has 2 aromatic heterocycles.